The van der Waals surface area contributed by atoms with Gasteiger partial charge in [0.2, 0.25) is 5.95 Å². The van der Waals surface area contributed by atoms with Gasteiger partial charge in [-0.25, -0.2) is 9.97 Å². The zero-order valence-electron chi connectivity index (χ0n) is 9.58. The molecule has 0 atom stereocenters. The van der Waals surface area contributed by atoms with Crippen molar-refractivity contribution in [2.24, 2.45) is 0 Å². The molecule has 0 aliphatic carbocycles. The van der Waals surface area contributed by atoms with E-state index in [-0.39, 0.29) is 0 Å². The summed E-state index contributed by atoms with van der Waals surface area (Å²) in [6.07, 6.45) is 0. The lowest BCUT2D eigenvalue weighted by molar-refractivity contribution is 1.12. The Kier molecular flexibility index (Phi) is 2.86. The van der Waals surface area contributed by atoms with Crippen molar-refractivity contribution in [3.05, 3.63) is 54.6 Å². The van der Waals surface area contributed by atoms with Crippen molar-refractivity contribution < 1.29 is 0 Å². The van der Waals surface area contributed by atoms with Crippen LogP contribution in [-0.4, -0.2) is 9.97 Å². The average molecular weight is 253 g/mol. The fraction of sp³-hybridized carbons (Fsp3) is 0. The maximum absolute atomic E-state index is 5.74. The van der Waals surface area contributed by atoms with Gasteiger partial charge in [-0.3, -0.25) is 0 Å². The molecule has 0 saturated carbocycles. The minimum absolute atomic E-state index is 0.312. The second kappa shape index (κ2) is 4.66. The minimum Gasteiger partial charge on any atom is -0.368 e. The van der Waals surface area contributed by atoms with Gasteiger partial charge in [-0.1, -0.05) is 48.2 Å². The Labute approximate surface area is 109 Å². The van der Waals surface area contributed by atoms with Gasteiger partial charge in [0, 0.05) is 10.3 Å². The van der Waals surface area contributed by atoms with Crippen molar-refractivity contribution in [3.8, 4) is 0 Å². The summed E-state index contributed by atoms with van der Waals surface area (Å²) in [5.41, 5.74) is 6.62. The molecular weight excluding hydrogens is 242 g/mol. The van der Waals surface area contributed by atoms with E-state index < -0.39 is 0 Å². The first-order chi connectivity index (χ1) is 8.83. The lowest BCUT2D eigenvalue weighted by Gasteiger charge is -2.05. The number of anilines is 1. The molecule has 3 nitrogen and oxygen atoms in total. The van der Waals surface area contributed by atoms with Crippen LogP contribution in [0.1, 0.15) is 0 Å². The van der Waals surface area contributed by atoms with Gasteiger partial charge in [-0.2, -0.15) is 0 Å². The molecule has 0 bridgehead atoms. The number of hydrogen-bond acceptors (Lipinski definition) is 4. The number of nitrogens with two attached hydrogens (primary N) is 1. The molecule has 3 aromatic rings. The molecule has 0 amide bonds. The van der Waals surface area contributed by atoms with Gasteiger partial charge in [0.1, 0.15) is 5.03 Å². The lowest BCUT2D eigenvalue weighted by atomic mass is 10.2. The first-order valence-electron chi connectivity index (χ1n) is 5.58. The van der Waals surface area contributed by atoms with Crippen molar-refractivity contribution in [2.75, 3.05) is 5.73 Å². The quantitative estimate of drug-likeness (QED) is 0.711. The number of rotatable bonds is 2. The first-order valence-corrected chi connectivity index (χ1v) is 6.40. The molecule has 88 valence electrons. The maximum atomic E-state index is 5.74. The third-order valence-corrected chi connectivity index (χ3v) is 3.56. The first kappa shape index (κ1) is 11.0. The van der Waals surface area contributed by atoms with Crippen molar-refractivity contribution in [1.82, 2.24) is 9.97 Å². The Morgan fingerprint density at radius 2 is 1.56 bits per heavy atom. The summed E-state index contributed by atoms with van der Waals surface area (Å²) in [4.78, 5) is 9.70. The molecule has 0 aliphatic rings. The summed E-state index contributed by atoms with van der Waals surface area (Å²) in [5.74, 6) is 0.312. The summed E-state index contributed by atoms with van der Waals surface area (Å²) in [6.45, 7) is 0. The summed E-state index contributed by atoms with van der Waals surface area (Å²) in [7, 11) is 0. The van der Waals surface area contributed by atoms with E-state index in [1.54, 1.807) is 11.8 Å². The highest BCUT2D eigenvalue weighted by Crippen LogP contribution is 2.31. The Morgan fingerprint density at radius 1 is 0.833 bits per heavy atom. The van der Waals surface area contributed by atoms with E-state index in [9.17, 15) is 0 Å². The van der Waals surface area contributed by atoms with E-state index >= 15 is 0 Å². The molecule has 1 heterocycles. The normalized spacial score (nSPS) is 10.7. The monoisotopic (exact) mass is 253 g/mol. The minimum atomic E-state index is 0.312. The van der Waals surface area contributed by atoms with E-state index in [4.69, 9.17) is 5.73 Å². The van der Waals surface area contributed by atoms with Crippen LogP contribution in [0.4, 0.5) is 5.95 Å². The smallest absolute Gasteiger partial charge is 0.221 e. The zero-order chi connectivity index (χ0) is 12.4. The lowest BCUT2D eigenvalue weighted by Crippen LogP contribution is -1.96. The Morgan fingerprint density at radius 3 is 2.39 bits per heavy atom. The summed E-state index contributed by atoms with van der Waals surface area (Å²) >= 11 is 1.60. The van der Waals surface area contributed by atoms with Crippen LogP contribution >= 0.6 is 11.8 Å². The van der Waals surface area contributed by atoms with E-state index in [0.717, 1.165) is 20.8 Å². The molecule has 2 N–H and O–H groups in total. The molecule has 0 spiro atoms. The highest BCUT2D eigenvalue weighted by atomic mass is 32.2. The number of nitrogens with zero attached hydrogens (tertiary/aromatic N) is 2. The number of fused-ring (bicyclic) bond motifs is 1. The number of nitrogen functional groups attached to an aromatic ring is 1. The predicted molar refractivity (Wildman–Crippen MR) is 74.5 cm³/mol. The van der Waals surface area contributed by atoms with Gasteiger partial charge in [-0.05, 0) is 18.2 Å². The van der Waals surface area contributed by atoms with Crippen LogP contribution < -0.4 is 5.73 Å². The van der Waals surface area contributed by atoms with Gasteiger partial charge in [0.15, 0.2) is 0 Å². The SMILES string of the molecule is Nc1nc(Sc2ccccc2)c2ccccc2n1. The van der Waals surface area contributed by atoms with Crippen molar-refractivity contribution in [3.63, 3.8) is 0 Å². The fourth-order valence-corrected chi connectivity index (χ4v) is 2.68. The highest BCUT2D eigenvalue weighted by molar-refractivity contribution is 7.99. The largest absolute Gasteiger partial charge is 0.368 e. The van der Waals surface area contributed by atoms with Crippen LogP contribution in [-0.2, 0) is 0 Å². The molecule has 0 fully saturated rings. The summed E-state index contributed by atoms with van der Waals surface area (Å²) < 4.78 is 0. The second-order valence-corrected chi connectivity index (χ2v) is 4.88. The maximum Gasteiger partial charge on any atom is 0.221 e. The van der Waals surface area contributed by atoms with Crippen LogP contribution in [0.15, 0.2) is 64.5 Å². The topological polar surface area (TPSA) is 51.8 Å². The van der Waals surface area contributed by atoms with E-state index in [2.05, 4.69) is 22.1 Å². The molecule has 0 aliphatic heterocycles. The van der Waals surface area contributed by atoms with Gasteiger partial charge < -0.3 is 5.73 Å². The molecule has 1 aromatic heterocycles. The van der Waals surface area contributed by atoms with E-state index in [1.165, 1.54) is 0 Å². The third-order valence-electron chi connectivity index (χ3n) is 2.54. The Bertz CT molecular complexity index is 683. The molecular formula is C14H11N3S. The summed E-state index contributed by atoms with van der Waals surface area (Å²) in [6, 6.07) is 18.0. The fourth-order valence-electron chi connectivity index (χ4n) is 1.74. The molecule has 4 heteroatoms. The molecule has 3 rings (SSSR count). The molecule has 0 saturated heterocycles. The molecule has 0 radical (unpaired) electrons. The number of benzene rings is 2. The Hall–Kier alpha value is -2.07. The van der Waals surface area contributed by atoms with Gasteiger partial charge in [0.05, 0.1) is 5.52 Å². The predicted octanol–water partition coefficient (Wildman–Crippen LogP) is 3.36. The van der Waals surface area contributed by atoms with E-state index in [1.807, 2.05) is 42.5 Å². The highest BCUT2D eigenvalue weighted by Gasteiger charge is 2.07. The number of para-hydroxylation sites is 1. The Balaban J connectivity index is 2.11. The van der Waals surface area contributed by atoms with Crippen molar-refractivity contribution >= 4 is 28.6 Å². The van der Waals surface area contributed by atoms with Crippen LogP contribution in [0.5, 0.6) is 0 Å². The van der Waals surface area contributed by atoms with Crippen molar-refractivity contribution in [2.45, 2.75) is 9.92 Å². The van der Waals surface area contributed by atoms with Crippen LogP contribution in [0.3, 0.4) is 0 Å². The molecule has 18 heavy (non-hydrogen) atoms. The molecule has 2 aromatic carbocycles. The van der Waals surface area contributed by atoms with Crippen LogP contribution in [0.25, 0.3) is 10.9 Å². The number of aromatic nitrogens is 2. The number of hydrogen-bond donors (Lipinski definition) is 1. The second-order valence-electron chi connectivity index (χ2n) is 3.82. The van der Waals surface area contributed by atoms with Crippen LogP contribution in [0, 0.1) is 0 Å². The van der Waals surface area contributed by atoms with Crippen molar-refractivity contribution in [1.29, 1.82) is 0 Å². The standard InChI is InChI=1S/C14H11N3S/c15-14-16-12-9-5-4-8-11(12)13(17-14)18-10-6-2-1-3-7-10/h1-9H,(H2,15,16,17). The molecule has 0 unspecified atom stereocenters. The average Bonchev–Trinajstić information content (AvgIpc) is 2.40. The van der Waals surface area contributed by atoms with Gasteiger partial charge in [-0.15, -0.1) is 0 Å². The van der Waals surface area contributed by atoms with Gasteiger partial charge >= 0.3 is 0 Å². The van der Waals surface area contributed by atoms with Gasteiger partial charge in [0.25, 0.3) is 0 Å². The summed E-state index contributed by atoms with van der Waals surface area (Å²) in [5, 5.41) is 1.92. The van der Waals surface area contributed by atoms with Crippen LogP contribution in [0.2, 0.25) is 0 Å². The van der Waals surface area contributed by atoms with E-state index in [0.29, 0.717) is 5.95 Å². The zero-order valence-corrected chi connectivity index (χ0v) is 10.4. The third kappa shape index (κ3) is 2.15.